The van der Waals surface area contributed by atoms with Crippen LogP contribution in [0.25, 0.3) is 6.08 Å². The summed E-state index contributed by atoms with van der Waals surface area (Å²) in [6.07, 6.45) is 5.56. The van der Waals surface area contributed by atoms with E-state index in [1.807, 2.05) is 29.2 Å². The number of aliphatic carboxylic acids is 1. The molecular formula is C17H21NO3. The van der Waals surface area contributed by atoms with Gasteiger partial charge in [0.25, 0.3) is 0 Å². The molecule has 112 valence electrons. The normalized spacial score (nSPS) is 18.6. The van der Waals surface area contributed by atoms with Crippen molar-refractivity contribution in [2.75, 3.05) is 6.54 Å². The molecule has 1 aliphatic rings. The van der Waals surface area contributed by atoms with Crippen molar-refractivity contribution in [3.8, 4) is 0 Å². The predicted octanol–water partition coefficient (Wildman–Crippen LogP) is 2.93. The van der Waals surface area contributed by atoms with E-state index < -0.39 is 5.97 Å². The van der Waals surface area contributed by atoms with Crippen molar-refractivity contribution in [2.24, 2.45) is 5.92 Å². The topological polar surface area (TPSA) is 57.6 Å². The van der Waals surface area contributed by atoms with Gasteiger partial charge in [-0.1, -0.05) is 31.5 Å². The van der Waals surface area contributed by atoms with E-state index in [4.69, 9.17) is 5.11 Å². The molecule has 4 heteroatoms. The molecule has 1 amide bonds. The van der Waals surface area contributed by atoms with Crippen molar-refractivity contribution in [2.45, 2.75) is 32.7 Å². The van der Waals surface area contributed by atoms with Gasteiger partial charge in [0, 0.05) is 25.6 Å². The van der Waals surface area contributed by atoms with Gasteiger partial charge in [0.15, 0.2) is 0 Å². The molecule has 4 nitrogen and oxygen atoms in total. The Bertz CT molecular complexity index is 551. The zero-order chi connectivity index (χ0) is 15.2. The molecule has 0 radical (unpaired) electrons. The summed E-state index contributed by atoms with van der Waals surface area (Å²) < 4.78 is 0. The minimum absolute atomic E-state index is 0.222. The number of carboxylic acid groups (broad SMARTS) is 1. The maximum Gasteiger partial charge on any atom is 0.328 e. The summed E-state index contributed by atoms with van der Waals surface area (Å²) in [6, 6.07) is 7.65. The van der Waals surface area contributed by atoms with Crippen LogP contribution in [0.15, 0.2) is 30.3 Å². The second-order valence-corrected chi connectivity index (χ2v) is 5.55. The number of rotatable bonds is 6. The first kappa shape index (κ1) is 15.3. The van der Waals surface area contributed by atoms with E-state index in [1.54, 1.807) is 6.08 Å². The summed E-state index contributed by atoms with van der Waals surface area (Å²) in [5, 5.41) is 8.65. The van der Waals surface area contributed by atoms with E-state index in [0.717, 1.165) is 36.6 Å². The van der Waals surface area contributed by atoms with Gasteiger partial charge < -0.3 is 10.0 Å². The fourth-order valence-electron chi connectivity index (χ4n) is 2.79. The van der Waals surface area contributed by atoms with E-state index in [1.165, 1.54) is 0 Å². The summed E-state index contributed by atoms with van der Waals surface area (Å²) in [5.74, 6) is -0.255. The molecule has 1 atom stereocenters. The first-order valence-electron chi connectivity index (χ1n) is 7.36. The van der Waals surface area contributed by atoms with Crippen molar-refractivity contribution in [1.29, 1.82) is 0 Å². The SMILES string of the molecule is CCCC1CC(=O)N(Cc2cccc(/C=C/C(=O)O)c2)C1. The number of carboxylic acids is 1. The zero-order valence-electron chi connectivity index (χ0n) is 12.3. The van der Waals surface area contributed by atoms with Crippen LogP contribution >= 0.6 is 0 Å². The van der Waals surface area contributed by atoms with Crippen LogP contribution in [0.2, 0.25) is 0 Å². The third-order valence-corrected chi connectivity index (χ3v) is 3.73. The molecule has 0 aliphatic carbocycles. The van der Waals surface area contributed by atoms with Gasteiger partial charge >= 0.3 is 5.97 Å². The van der Waals surface area contributed by atoms with E-state index in [-0.39, 0.29) is 5.91 Å². The van der Waals surface area contributed by atoms with Gasteiger partial charge in [-0.05, 0) is 35.6 Å². The third kappa shape index (κ3) is 4.45. The number of hydrogen-bond acceptors (Lipinski definition) is 2. The van der Waals surface area contributed by atoms with Crippen molar-refractivity contribution >= 4 is 18.0 Å². The molecule has 1 saturated heterocycles. The molecule has 2 rings (SSSR count). The highest BCUT2D eigenvalue weighted by molar-refractivity contribution is 5.85. The van der Waals surface area contributed by atoms with Crippen LogP contribution in [0.3, 0.4) is 0 Å². The number of carbonyl (C=O) groups excluding carboxylic acids is 1. The van der Waals surface area contributed by atoms with Gasteiger partial charge in [-0.15, -0.1) is 0 Å². The molecule has 0 spiro atoms. The lowest BCUT2D eigenvalue weighted by Gasteiger charge is -2.17. The molecular weight excluding hydrogens is 266 g/mol. The highest BCUT2D eigenvalue weighted by atomic mass is 16.4. The van der Waals surface area contributed by atoms with Gasteiger partial charge in [-0.25, -0.2) is 4.79 Å². The van der Waals surface area contributed by atoms with Gasteiger partial charge in [0.2, 0.25) is 5.91 Å². The summed E-state index contributed by atoms with van der Waals surface area (Å²) in [5.41, 5.74) is 1.87. The van der Waals surface area contributed by atoms with Gasteiger partial charge in [-0.2, -0.15) is 0 Å². The molecule has 1 heterocycles. The Morgan fingerprint density at radius 2 is 2.29 bits per heavy atom. The van der Waals surface area contributed by atoms with E-state index in [0.29, 0.717) is 18.9 Å². The number of likely N-dealkylation sites (tertiary alicyclic amines) is 1. The predicted molar refractivity (Wildman–Crippen MR) is 81.5 cm³/mol. The minimum Gasteiger partial charge on any atom is -0.478 e. The molecule has 0 bridgehead atoms. The second-order valence-electron chi connectivity index (χ2n) is 5.55. The number of benzene rings is 1. The van der Waals surface area contributed by atoms with Crippen molar-refractivity contribution in [3.63, 3.8) is 0 Å². The quantitative estimate of drug-likeness (QED) is 0.818. The summed E-state index contributed by atoms with van der Waals surface area (Å²) in [7, 11) is 0. The number of amides is 1. The summed E-state index contributed by atoms with van der Waals surface area (Å²) in [6.45, 7) is 3.58. The Morgan fingerprint density at radius 3 is 3.00 bits per heavy atom. The van der Waals surface area contributed by atoms with Gasteiger partial charge in [0.1, 0.15) is 0 Å². The van der Waals surface area contributed by atoms with Crippen LogP contribution in [0.1, 0.15) is 37.3 Å². The summed E-state index contributed by atoms with van der Waals surface area (Å²) >= 11 is 0. The van der Waals surface area contributed by atoms with Crippen LogP contribution in [-0.2, 0) is 16.1 Å². The third-order valence-electron chi connectivity index (χ3n) is 3.73. The monoisotopic (exact) mass is 287 g/mol. The first-order valence-corrected chi connectivity index (χ1v) is 7.36. The first-order chi connectivity index (χ1) is 10.1. The molecule has 1 unspecified atom stereocenters. The Labute approximate surface area is 125 Å². The number of hydrogen-bond donors (Lipinski definition) is 1. The molecule has 1 aromatic rings. The van der Waals surface area contributed by atoms with Crippen molar-refractivity contribution in [3.05, 3.63) is 41.5 Å². The Morgan fingerprint density at radius 1 is 1.48 bits per heavy atom. The van der Waals surface area contributed by atoms with Crippen molar-refractivity contribution < 1.29 is 14.7 Å². The molecule has 0 saturated carbocycles. The maximum absolute atomic E-state index is 12.0. The number of nitrogens with zero attached hydrogens (tertiary/aromatic N) is 1. The Kier molecular flexibility index (Phi) is 5.14. The van der Waals surface area contributed by atoms with Crippen LogP contribution < -0.4 is 0 Å². The highest BCUT2D eigenvalue weighted by Gasteiger charge is 2.28. The van der Waals surface area contributed by atoms with Crippen LogP contribution in [0.5, 0.6) is 0 Å². The average Bonchev–Trinajstić information content (AvgIpc) is 2.77. The van der Waals surface area contributed by atoms with E-state index >= 15 is 0 Å². The molecule has 1 aliphatic heterocycles. The maximum atomic E-state index is 12.0. The Balaban J connectivity index is 2.01. The van der Waals surface area contributed by atoms with Gasteiger partial charge in [0.05, 0.1) is 0 Å². The lowest BCUT2D eigenvalue weighted by molar-refractivity contribution is -0.131. The smallest absolute Gasteiger partial charge is 0.328 e. The van der Waals surface area contributed by atoms with Gasteiger partial charge in [-0.3, -0.25) is 4.79 Å². The number of carbonyl (C=O) groups is 2. The highest BCUT2D eigenvalue weighted by Crippen LogP contribution is 2.24. The standard InChI is InChI=1S/C17H21NO3/c1-2-4-14-10-16(19)18(11-14)12-15-6-3-5-13(9-15)7-8-17(20)21/h3,5-9,14H,2,4,10-12H2,1H3,(H,20,21)/b8-7+. The molecule has 1 aromatic carbocycles. The lowest BCUT2D eigenvalue weighted by atomic mass is 10.0. The minimum atomic E-state index is -0.961. The van der Waals surface area contributed by atoms with Crippen LogP contribution in [0.4, 0.5) is 0 Å². The molecule has 1 fully saturated rings. The molecule has 21 heavy (non-hydrogen) atoms. The fraction of sp³-hybridized carbons (Fsp3) is 0.412. The molecule has 0 aromatic heterocycles. The Hall–Kier alpha value is -2.10. The fourth-order valence-corrected chi connectivity index (χ4v) is 2.79. The lowest BCUT2D eigenvalue weighted by Crippen LogP contribution is -2.24. The van der Waals surface area contributed by atoms with Crippen molar-refractivity contribution in [1.82, 2.24) is 4.90 Å². The largest absolute Gasteiger partial charge is 0.478 e. The zero-order valence-corrected chi connectivity index (χ0v) is 12.3. The van der Waals surface area contributed by atoms with Crippen LogP contribution in [0, 0.1) is 5.92 Å². The summed E-state index contributed by atoms with van der Waals surface area (Å²) in [4.78, 5) is 24.4. The second kappa shape index (κ2) is 7.07. The molecule has 1 N–H and O–H groups in total. The average molecular weight is 287 g/mol. The van der Waals surface area contributed by atoms with Crippen LogP contribution in [-0.4, -0.2) is 28.4 Å². The van der Waals surface area contributed by atoms with E-state index in [2.05, 4.69) is 6.92 Å². The van der Waals surface area contributed by atoms with E-state index in [9.17, 15) is 9.59 Å².